The number of hydrogen-bond donors (Lipinski definition) is 1. The summed E-state index contributed by atoms with van der Waals surface area (Å²) >= 11 is 0. The molecule has 2 aromatic rings. The maximum absolute atomic E-state index is 9.14. The summed E-state index contributed by atoms with van der Waals surface area (Å²) < 4.78 is 4.87. The number of nitrogens with one attached hydrogen (secondary N) is 1. The van der Waals surface area contributed by atoms with Crippen molar-refractivity contribution in [2.24, 2.45) is 0 Å². The van der Waals surface area contributed by atoms with E-state index in [2.05, 4.69) is 21.5 Å². The molecule has 1 aromatic carbocycles. The van der Waals surface area contributed by atoms with Crippen LogP contribution in [-0.4, -0.2) is 16.7 Å². The first-order valence-electron chi connectivity index (χ1n) is 5.74. The normalized spacial score (nSPS) is 12.0. The Morgan fingerprint density at radius 1 is 1.39 bits per heavy atom. The van der Waals surface area contributed by atoms with Crippen molar-refractivity contribution < 1.29 is 4.52 Å². The first-order chi connectivity index (χ1) is 8.79. The molecule has 0 amide bonds. The molecule has 1 heterocycles. The van der Waals surface area contributed by atoms with Crippen LogP contribution in [0.25, 0.3) is 0 Å². The molecule has 0 saturated carbocycles. The van der Waals surface area contributed by atoms with E-state index in [-0.39, 0.29) is 5.92 Å². The van der Waals surface area contributed by atoms with Gasteiger partial charge >= 0.3 is 0 Å². The van der Waals surface area contributed by atoms with Crippen molar-refractivity contribution in [3.05, 3.63) is 47.6 Å². The first kappa shape index (κ1) is 12.3. The van der Waals surface area contributed by atoms with Gasteiger partial charge in [0, 0.05) is 13.5 Å². The molecule has 5 nitrogen and oxygen atoms in total. The number of nitriles is 1. The molecule has 0 radical (unpaired) electrons. The first-order valence-corrected chi connectivity index (χ1v) is 5.74. The van der Waals surface area contributed by atoms with E-state index in [1.807, 2.05) is 30.3 Å². The third kappa shape index (κ3) is 3.15. The Bertz CT molecular complexity index is 529. The number of nitrogens with zero attached hydrogens (tertiary/aromatic N) is 3. The van der Waals surface area contributed by atoms with Crippen LogP contribution in [0, 0.1) is 18.3 Å². The monoisotopic (exact) mass is 242 g/mol. The number of aryl methyl sites for hydroxylation is 1. The van der Waals surface area contributed by atoms with Crippen LogP contribution >= 0.6 is 0 Å². The largest absolute Gasteiger partial charge is 0.340 e. The van der Waals surface area contributed by atoms with E-state index in [9.17, 15) is 0 Å². The van der Waals surface area contributed by atoms with Crippen molar-refractivity contribution in [2.75, 3.05) is 6.54 Å². The molecule has 0 aliphatic carbocycles. The Morgan fingerprint density at radius 2 is 2.17 bits per heavy atom. The van der Waals surface area contributed by atoms with Crippen molar-refractivity contribution in [2.45, 2.75) is 19.4 Å². The second kappa shape index (κ2) is 5.94. The highest BCUT2D eigenvalue weighted by Gasteiger charge is 2.10. The minimum atomic E-state index is -0.167. The smallest absolute Gasteiger partial charge is 0.223 e. The third-order valence-electron chi connectivity index (χ3n) is 2.56. The topological polar surface area (TPSA) is 74.7 Å². The standard InChI is InChI=1S/C13H14N4O/c1-10-16-13(17-18-10)9-15-8-12(7-14)11-5-3-2-4-6-11/h2-6,12,15H,8-9H2,1H3. The minimum Gasteiger partial charge on any atom is -0.340 e. The van der Waals surface area contributed by atoms with Crippen LogP contribution in [-0.2, 0) is 6.54 Å². The van der Waals surface area contributed by atoms with Crippen molar-refractivity contribution in [1.82, 2.24) is 15.5 Å². The lowest BCUT2D eigenvalue weighted by Crippen LogP contribution is -2.21. The minimum absolute atomic E-state index is 0.167. The highest BCUT2D eigenvalue weighted by atomic mass is 16.5. The van der Waals surface area contributed by atoms with Gasteiger partial charge in [-0.15, -0.1) is 0 Å². The third-order valence-corrected chi connectivity index (χ3v) is 2.56. The number of benzene rings is 1. The molecular formula is C13H14N4O. The van der Waals surface area contributed by atoms with Gasteiger partial charge in [-0.05, 0) is 5.56 Å². The average molecular weight is 242 g/mol. The zero-order valence-corrected chi connectivity index (χ0v) is 10.1. The zero-order valence-electron chi connectivity index (χ0n) is 10.1. The van der Waals surface area contributed by atoms with Crippen LogP contribution in [0.5, 0.6) is 0 Å². The molecule has 0 spiro atoms. The van der Waals surface area contributed by atoms with Crippen LogP contribution < -0.4 is 5.32 Å². The van der Waals surface area contributed by atoms with Crippen LogP contribution in [0.3, 0.4) is 0 Å². The van der Waals surface area contributed by atoms with Gasteiger partial charge in [0.25, 0.3) is 0 Å². The van der Waals surface area contributed by atoms with Gasteiger partial charge in [0.05, 0.1) is 18.5 Å². The van der Waals surface area contributed by atoms with Gasteiger partial charge in [0.2, 0.25) is 5.89 Å². The van der Waals surface area contributed by atoms with Crippen molar-refractivity contribution >= 4 is 0 Å². The lowest BCUT2D eigenvalue weighted by molar-refractivity contribution is 0.385. The second-order valence-electron chi connectivity index (χ2n) is 3.95. The highest BCUT2D eigenvalue weighted by Crippen LogP contribution is 2.13. The molecule has 0 fully saturated rings. The molecule has 1 unspecified atom stereocenters. The Balaban J connectivity index is 1.87. The zero-order chi connectivity index (χ0) is 12.8. The molecule has 0 aliphatic rings. The molecule has 1 atom stereocenters. The van der Waals surface area contributed by atoms with Gasteiger partial charge in [-0.3, -0.25) is 0 Å². The van der Waals surface area contributed by atoms with Gasteiger partial charge in [-0.1, -0.05) is 35.5 Å². The molecule has 2 rings (SSSR count). The van der Waals surface area contributed by atoms with Crippen LogP contribution in [0.2, 0.25) is 0 Å². The fourth-order valence-electron chi connectivity index (χ4n) is 1.66. The lowest BCUT2D eigenvalue weighted by atomic mass is 10.0. The Morgan fingerprint density at radius 3 is 2.78 bits per heavy atom. The van der Waals surface area contributed by atoms with Crippen molar-refractivity contribution in [3.8, 4) is 6.07 Å². The quantitative estimate of drug-likeness (QED) is 0.864. The van der Waals surface area contributed by atoms with Gasteiger partial charge in [-0.25, -0.2) is 0 Å². The molecular weight excluding hydrogens is 228 g/mol. The summed E-state index contributed by atoms with van der Waals surface area (Å²) in [5.41, 5.74) is 1.01. The SMILES string of the molecule is Cc1nc(CNCC(C#N)c2ccccc2)no1. The molecule has 5 heteroatoms. The Kier molecular flexibility index (Phi) is 4.05. The number of hydrogen-bond acceptors (Lipinski definition) is 5. The molecule has 0 saturated heterocycles. The fourth-order valence-corrected chi connectivity index (χ4v) is 1.66. The van der Waals surface area contributed by atoms with E-state index in [0.717, 1.165) is 5.56 Å². The summed E-state index contributed by atoms with van der Waals surface area (Å²) in [6.45, 7) is 2.81. The van der Waals surface area contributed by atoms with E-state index < -0.39 is 0 Å². The van der Waals surface area contributed by atoms with E-state index in [1.165, 1.54) is 0 Å². The summed E-state index contributed by atoms with van der Waals surface area (Å²) in [7, 11) is 0. The molecule has 1 N–H and O–H groups in total. The van der Waals surface area contributed by atoms with Crippen LogP contribution in [0.1, 0.15) is 23.2 Å². The molecule has 0 aliphatic heterocycles. The van der Waals surface area contributed by atoms with E-state index in [1.54, 1.807) is 6.92 Å². The summed E-state index contributed by atoms with van der Waals surface area (Å²) in [5, 5.41) is 16.1. The molecule has 0 bridgehead atoms. The van der Waals surface area contributed by atoms with Crippen LogP contribution in [0.4, 0.5) is 0 Å². The summed E-state index contributed by atoms with van der Waals surface area (Å²) in [5.74, 6) is 0.989. The average Bonchev–Trinajstić information content (AvgIpc) is 2.81. The number of aromatic nitrogens is 2. The molecule has 92 valence electrons. The maximum Gasteiger partial charge on any atom is 0.223 e. The summed E-state index contributed by atoms with van der Waals surface area (Å²) in [6.07, 6.45) is 0. The molecule has 1 aromatic heterocycles. The lowest BCUT2D eigenvalue weighted by Gasteiger charge is -2.09. The van der Waals surface area contributed by atoms with Crippen LogP contribution in [0.15, 0.2) is 34.9 Å². The maximum atomic E-state index is 9.14. The van der Waals surface area contributed by atoms with Crippen molar-refractivity contribution in [3.63, 3.8) is 0 Å². The van der Waals surface area contributed by atoms with E-state index in [0.29, 0.717) is 24.8 Å². The second-order valence-corrected chi connectivity index (χ2v) is 3.95. The van der Waals surface area contributed by atoms with Crippen molar-refractivity contribution in [1.29, 1.82) is 5.26 Å². The van der Waals surface area contributed by atoms with Gasteiger partial charge in [0.15, 0.2) is 5.82 Å². The predicted molar refractivity (Wildman–Crippen MR) is 65.5 cm³/mol. The summed E-state index contributed by atoms with van der Waals surface area (Å²) in [6, 6.07) is 12.0. The predicted octanol–water partition coefficient (Wildman–Crippen LogP) is 1.77. The number of rotatable bonds is 5. The van der Waals surface area contributed by atoms with Gasteiger partial charge in [-0.2, -0.15) is 10.2 Å². The Hall–Kier alpha value is -2.19. The fraction of sp³-hybridized carbons (Fsp3) is 0.308. The molecule has 18 heavy (non-hydrogen) atoms. The van der Waals surface area contributed by atoms with E-state index in [4.69, 9.17) is 9.78 Å². The van der Waals surface area contributed by atoms with Gasteiger partial charge < -0.3 is 9.84 Å². The summed E-state index contributed by atoms with van der Waals surface area (Å²) in [4.78, 5) is 4.08. The van der Waals surface area contributed by atoms with Gasteiger partial charge in [0.1, 0.15) is 0 Å². The highest BCUT2D eigenvalue weighted by molar-refractivity contribution is 5.24. The Labute approximate surface area is 105 Å². The van der Waals surface area contributed by atoms with E-state index >= 15 is 0 Å².